The fourth-order valence-electron chi connectivity index (χ4n) is 4.84. The number of nitrogens with one attached hydrogen (secondary N) is 1. The molecule has 0 saturated carbocycles. The van der Waals surface area contributed by atoms with Gasteiger partial charge in [-0.05, 0) is 44.1 Å². The molecule has 2 amide bonds. The Morgan fingerprint density at radius 3 is 2.89 bits per heavy atom. The van der Waals surface area contributed by atoms with Crippen LogP contribution in [0, 0.1) is 5.41 Å². The first kappa shape index (κ1) is 18.2. The van der Waals surface area contributed by atoms with E-state index in [0.717, 1.165) is 43.4 Å². The maximum Gasteiger partial charge on any atom is 0.255 e. The second kappa shape index (κ2) is 7.11. The van der Waals surface area contributed by atoms with Gasteiger partial charge in [-0.25, -0.2) is 0 Å². The Morgan fingerprint density at radius 1 is 1.37 bits per heavy atom. The van der Waals surface area contributed by atoms with Crippen molar-refractivity contribution in [2.24, 2.45) is 5.41 Å². The van der Waals surface area contributed by atoms with E-state index in [1.807, 2.05) is 39.5 Å². The smallest absolute Gasteiger partial charge is 0.255 e. The molecule has 7 heteroatoms. The molecule has 0 aliphatic carbocycles. The van der Waals surface area contributed by atoms with Gasteiger partial charge in [0.1, 0.15) is 0 Å². The molecule has 144 valence electrons. The Bertz CT molecular complexity index is 831. The normalized spacial score (nSPS) is 26.5. The summed E-state index contributed by atoms with van der Waals surface area (Å²) < 4.78 is 1.86. The molecule has 27 heavy (non-hydrogen) atoms. The molecule has 2 aromatic heterocycles. The highest BCUT2D eigenvalue weighted by Gasteiger charge is 2.60. The zero-order valence-electron chi connectivity index (χ0n) is 15.9. The Labute approximate surface area is 163 Å². The number of nitrogens with zero attached hydrogens (tertiary/aromatic N) is 3. The molecule has 2 aromatic rings. The molecule has 0 aromatic carbocycles. The fraction of sp³-hybridized carbons (Fsp3) is 0.550. The third-order valence-corrected chi connectivity index (χ3v) is 6.97. The second-order valence-electron chi connectivity index (χ2n) is 7.57. The predicted octanol–water partition coefficient (Wildman–Crippen LogP) is 3.05. The van der Waals surface area contributed by atoms with E-state index in [1.165, 1.54) is 11.3 Å². The molecule has 2 bridgehead atoms. The number of hydrogen-bond donors (Lipinski definition) is 1. The van der Waals surface area contributed by atoms with Crippen LogP contribution in [0.2, 0.25) is 0 Å². The van der Waals surface area contributed by atoms with Crippen molar-refractivity contribution in [3.63, 3.8) is 0 Å². The van der Waals surface area contributed by atoms with Crippen LogP contribution >= 0.6 is 11.3 Å². The topological polar surface area (TPSA) is 67.2 Å². The largest absolute Gasteiger partial charge is 0.351 e. The van der Waals surface area contributed by atoms with Crippen LogP contribution in [-0.2, 0) is 17.9 Å². The number of aryl methyl sites for hydroxylation is 1. The van der Waals surface area contributed by atoms with Gasteiger partial charge in [-0.2, -0.15) is 16.4 Å². The van der Waals surface area contributed by atoms with E-state index in [2.05, 4.69) is 17.3 Å². The van der Waals surface area contributed by atoms with Crippen molar-refractivity contribution >= 4 is 23.2 Å². The summed E-state index contributed by atoms with van der Waals surface area (Å²) >= 11 is 1.54. The number of rotatable bonds is 6. The highest BCUT2D eigenvalue weighted by molar-refractivity contribution is 7.08. The first-order chi connectivity index (χ1) is 13.1. The van der Waals surface area contributed by atoms with Crippen LogP contribution in [0.1, 0.15) is 55.5 Å². The molecule has 2 aliphatic rings. The highest BCUT2D eigenvalue weighted by Crippen LogP contribution is 2.52. The Morgan fingerprint density at radius 2 is 2.22 bits per heavy atom. The number of amides is 2. The minimum Gasteiger partial charge on any atom is -0.351 e. The lowest BCUT2D eigenvalue weighted by Gasteiger charge is -2.35. The highest BCUT2D eigenvalue weighted by atomic mass is 32.1. The number of hydrogen-bond acceptors (Lipinski definition) is 4. The van der Waals surface area contributed by atoms with Crippen molar-refractivity contribution in [1.82, 2.24) is 20.0 Å². The van der Waals surface area contributed by atoms with Crippen molar-refractivity contribution in [2.75, 3.05) is 0 Å². The number of thiophene rings is 1. The fourth-order valence-corrected chi connectivity index (χ4v) is 5.47. The first-order valence-electron chi connectivity index (χ1n) is 9.73. The molecule has 3 atom stereocenters. The summed E-state index contributed by atoms with van der Waals surface area (Å²) in [6, 6.07) is 2.05. The lowest BCUT2D eigenvalue weighted by molar-refractivity contribution is -0.133. The van der Waals surface area contributed by atoms with Crippen molar-refractivity contribution in [1.29, 1.82) is 0 Å². The van der Waals surface area contributed by atoms with Crippen LogP contribution in [0.25, 0.3) is 0 Å². The third kappa shape index (κ3) is 2.98. The number of carbonyl (C=O) groups excluding carboxylic acids is 2. The SMILES string of the molecule is CCn1cc(CNC(=O)[C@]2(CC)C[C@@H]3CC[C@H]2N3C(=O)c2ccsc2)cn1. The van der Waals surface area contributed by atoms with E-state index in [-0.39, 0.29) is 23.9 Å². The van der Waals surface area contributed by atoms with E-state index in [9.17, 15) is 9.59 Å². The van der Waals surface area contributed by atoms with Crippen LogP contribution in [-0.4, -0.2) is 38.6 Å². The van der Waals surface area contributed by atoms with Crippen LogP contribution in [0.4, 0.5) is 0 Å². The molecule has 2 aliphatic heterocycles. The van der Waals surface area contributed by atoms with E-state index in [4.69, 9.17) is 0 Å². The van der Waals surface area contributed by atoms with Gasteiger partial charge in [0.25, 0.3) is 5.91 Å². The standard InChI is InChI=1S/C20H26N4O2S/c1-3-20(19(26)21-10-14-11-22-23(4-2)12-14)9-16-5-6-17(20)24(16)18(25)15-7-8-27-13-15/h7-8,11-13,16-17H,3-6,9-10H2,1-2H3,(H,21,26)/t16-,17+,20+/m0/s1. The minimum absolute atomic E-state index is 0.00161. The summed E-state index contributed by atoms with van der Waals surface area (Å²) in [5.41, 5.74) is 1.28. The molecule has 2 fully saturated rings. The average Bonchev–Trinajstić information content (AvgIpc) is 3.48. The third-order valence-electron chi connectivity index (χ3n) is 6.29. The number of fused-ring (bicyclic) bond motifs is 2. The molecule has 0 spiro atoms. The van der Waals surface area contributed by atoms with E-state index < -0.39 is 5.41 Å². The van der Waals surface area contributed by atoms with Crippen LogP contribution < -0.4 is 5.32 Å². The second-order valence-corrected chi connectivity index (χ2v) is 8.35. The van der Waals surface area contributed by atoms with E-state index in [0.29, 0.717) is 6.54 Å². The number of aromatic nitrogens is 2. The maximum absolute atomic E-state index is 13.2. The van der Waals surface area contributed by atoms with Gasteiger partial charge in [0.15, 0.2) is 0 Å². The van der Waals surface area contributed by atoms with Gasteiger partial charge in [0, 0.05) is 42.3 Å². The van der Waals surface area contributed by atoms with Crippen LogP contribution in [0.5, 0.6) is 0 Å². The zero-order chi connectivity index (χ0) is 19.0. The minimum atomic E-state index is -0.477. The Kier molecular flexibility index (Phi) is 4.80. The Hall–Kier alpha value is -2.15. The van der Waals surface area contributed by atoms with Crippen molar-refractivity contribution in [3.8, 4) is 0 Å². The van der Waals surface area contributed by atoms with Gasteiger partial charge in [0.2, 0.25) is 5.91 Å². The predicted molar refractivity (Wildman–Crippen MR) is 104 cm³/mol. The van der Waals surface area contributed by atoms with E-state index >= 15 is 0 Å². The lowest BCUT2D eigenvalue weighted by Crippen LogP contribution is -2.49. The van der Waals surface area contributed by atoms with Crippen molar-refractivity contribution < 1.29 is 9.59 Å². The van der Waals surface area contributed by atoms with Crippen LogP contribution in [0.15, 0.2) is 29.2 Å². The summed E-state index contributed by atoms with van der Waals surface area (Å²) in [5.74, 6) is 0.153. The molecule has 1 N–H and O–H groups in total. The lowest BCUT2D eigenvalue weighted by atomic mass is 9.71. The average molecular weight is 387 g/mol. The Balaban J connectivity index is 1.50. The van der Waals surface area contributed by atoms with Crippen LogP contribution in [0.3, 0.4) is 0 Å². The molecule has 6 nitrogen and oxygen atoms in total. The van der Waals surface area contributed by atoms with Gasteiger partial charge in [0.05, 0.1) is 17.2 Å². The summed E-state index contributed by atoms with van der Waals surface area (Å²) in [6.45, 7) is 5.41. The zero-order valence-corrected chi connectivity index (χ0v) is 16.7. The molecule has 4 heterocycles. The summed E-state index contributed by atoms with van der Waals surface area (Å²) in [6.07, 6.45) is 7.20. The van der Waals surface area contributed by atoms with Gasteiger partial charge in [-0.15, -0.1) is 0 Å². The van der Waals surface area contributed by atoms with Gasteiger partial charge in [-0.3, -0.25) is 14.3 Å². The first-order valence-corrected chi connectivity index (χ1v) is 10.7. The van der Waals surface area contributed by atoms with Gasteiger partial charge >= 0.3 is 0 Å². The number of carbonyl (C=O) groups is 2. The van der Waals surface area contributed by atoms with Crippen molar-refractivity contribution in [3.05, 3.63) is 40.3 Å². The molecule has 0 unspecified atom stereocenters. The van der Waals surface area contributed by atoms with Crippen molar-refractivity contribution in [2.45, 2.75) is 64.7 Å². The van der Waals surface area contributed by atoms with Gasteiger partial charge < -0.3 is 10.2 Å². The maximum atomic E-state index is 13.2. The quantitative estimate of drug-likeness (QED) is 0.830. The molecular formula is C20H26N4O2S. The molecule has 0 radical (unpaired) electrons. The molecule has 4 rings (SSSR count). The van der Waals surface area contributed by atoms with Gasteiger partial charge in [-0.1, -0.05) is 6.92 Å². The summed E-state index contributed by atoms with van der Waals surface area (Å²) in [7, 11) is 0. The van der Waals surface area contributed by atoms with E-state index in [1.54, 1.807) is 6.20 Å². The summed E-state index contributed by atoms with van der Waals surface area (Å²) in [5, 5.41) is 11.2. The summed E-state index contributed by atoms with van der Waals surface area (Å²) in [4.78, 5) is 28.2. The molecular weight excluding hydrogens is 360 g/mol. The monoisotopic (exact) mass is 386 g/mol. The molecule has 2 saturated heterocycles.